The van der Waals surface area contributed by atoms with Crippen LogP contribution >= 0.6 is 0 Å². The smallest absolute Gasteiger partial charge is 0.0244 e. The summed E-state index contributed by atoms with van der Waals surface area (Å²) in [5.41, 5.74) is 0. The van der Waals surface area contributed by atoms with Gasteiger partial charge >= 0.3 is 0 Å². The van der Waals surface area contributed by atoms with Gasteiger partial charge in [0.2, 0.25) is 0 Å². The van der Waals surface area contributed by atoms with Crippen LogP contribution in [-0.4, -0.2) is 61.2 Å². The average molecular weight is 267 g/mol. The van der Waals surface area contributed by atoms with E-state index in [1.165, 1.54) is 45.6 Å². The quantitative estimate of drug-likeness (QED) is 0.761. The summed E-state index contributed by atoms with van der Waals surface area (Å²) in [6.07, 6.45) is 2.96. The van der Waals surface area contributed by atoms with Crippen LogP contribution in [0.4, 0.5) is 0 Å². The van der Waals surface area contributed by atoms with E-state index in [9.17, 15) is 0 Å². The first kappa shape index (κ1) is 15.3. The molecule has 0 aromatic heterocycles. The fourth-order valence-electron chi connectivity index (χ4n) is 3.09. The van der Waals surface area contributed by atoms with Crippen molar-refractivity contribution < 1.29 is 0 Å². The third kappa shape index (κ3) is 5.05. The Balaban J connectivity index is 1.75. The van der Waals surface area contributed by atoms with Gasteiger partial charge in [-0.2, -0.15) is 0 Å². The van der Waals surface area contributed by atoms with E-state index in [0.717, 1.165) is 18.4 Å². The van der Waals surface area contributed by atoms with E-state index in [1.54, 1.807) is 0 Å². The molecule has 1 heterocycles. The summed E-state index contributed by atoms with van der Waals surface area (Å²) < 4.78 is 0. The summed E-state index contributed by atoms with van der Waals surface area (Å²) >= 11 is 0. The number of nitrogens with one attached hydrogen (secondary N) is 1. The van der Waals surface area contributed by atoms with Crippen LogP contribution in [0.15, 0.2) is 0 Å². The monoisotopic (exact) mass is 267 g/mol. The Kier molecular flexibility index (Phi) is 5.67. The minimum Gasteiger partial charge on any atom is -0.313 e. The Bertz CT molecular complexity index is 253. The minimum atomic E-state index is 0.595. The molecule has 1 saturated carbocycles. The normalized spacial score (nSPS) is 24.3. The van der Waals surface area contributed by atoms with Gasteiger partial charge in [0.15, 0.2) is 0 Å². The molecule has 1 aliphatic heterocycles. The van der Waals surface area contributed by atoms with Gasteiger partial charge in [0.25, 0.3) is 0 Å². The molecule has 1 atom stereocenters. The number of rotatable bonds is 7. The molecule has 1 unspecified atom stereocenters. The number of piperazine rings is 1. The summed E-state index contributed by atoms with van der Waals surface area (Å²) in [6.45, 7) is 16.8. The summed E-state index contributed by atoms with van der Waals surface area (Å²) in [7, 11) is 0. The van der Waals surface area contributed by atoms with Crippen molar-refractivity contribution in [2.24, 2.45) is 11.8 Å². The zero-order chi connectivity index (χ0) is 13.8. The van der Waals surface area contributed by atoms with Crippen LogP contribution in [0.25, 0.3) is 0 Å². The molecule has 2 aliphatic rings. The molecule has 1 N–H and O–H groups in total. The molecule has 0 amide bonds. The van der Waals surface area contributed by atoms with Crippen molar-refractivity contribution in [1.29, 1.82) is 0 Å². The van der Waals surface area contributed by atoms with Crippen molar-refractivity contribution in [2.75, 3.05) is 39.3 Å². The predicted octanol–water partition coefficient (Wildman–Crippen LogP) is 2.04. The van der Waals surface area contributed by atoms with Crippen molar-refractivity contribution in [3.8, 4) is 0 Å². The minimum absolute atomic E-state index is 0.595. The molecule has 0 radical (unpaired) electrons. The summed E-state index contributed by atoms with van der Waals surface area (Å²) in [6, 6.07) is 1.29. The Morgan fingerprint density at radius 3 is 2.11 bits per heavy atom. The number of nitrogens with zero attached hydrogens (tertiary/aromatic N) is 2. The van der Waals surface area contributed by atoms with Crippen molar-refractivity contribution >= 4 is 0 Å². The maximum Gasteiger partial charge on any atom is 0.0244 e. The Morgan fingerprint density at radius 2 is 1.63 bits per heavy atom. The lowest BCUT2D eigenvalue weighted by molar-refractivity contribution is 0.0727. The van der Waals surface area contributed by atoms with Gasteiger partial charge in [-0.1, -0.05) is 27.7 Å². The largest absolute Gasteiger partial charge is 0.313 e. The van der Waals surface area contributed by atoms with Gasteiger partial charge in [-0.3, -0.25) is 4.90 Å². The second-order valence-corrected chi connectivity index (χ2v) is 7.15. The third-order valence-corrected chi connectivity index (χ3v) is 4.59. The molecule has 2 rings (SSSR count). The van der Waals surface area contributed by atoms with Crippen molar-refractivity contribution in [3.63, 3.8) is 0 Å². The Labute approximate surface area is 119 Å². The molecule has 0 spiro atoms. The van der Waals surface area contributed by atoms with E-state index in [4.69, 9.17) is 0 Å². The Morgan fingerprint density at radius 1 is 1.00 bits per heavy atom. The first-order valence-electron chi connectivity index (χ1n) is 8.26. The van der Waals surface area contributed by atoms with Gasteiger partial charge in [-0.05, 0) is 24.7 Å². The zero-order valence-electron chi connectivity index (χ0n) is 13.4. The van der Waals surface area contributed by atoms with Gasteiger partial charge in [-0.15, -0.1) is 0 Å². The maximum atomic E-state index is 3.62. The highest BCUT2D eigenvalue weighted by Crippen LogP contribution is 2.30. The van der Waals surface area contributed by atoms with Crippen LogP contribution in [0.3, 0.4) is 0 Å². The van der Waals surface area contributed by atoms with Crippen LogP contribution in [0, 0.1) is 11.8 Å². The highest BCUT2D eigenvalue weighted by Gasteiger charge is 2.29. The highest BCUT2D eigenvalue weighted by molar-refractivity contribution is 4.85. The SMILES string of the molecule is CC(C)NCC(C(C)C)N1CCN(CC2CC2)CC1. The molecule has 1 saturated heterocycles. The molecule has 19 heavy (non-hydrogen) atoms. The summed E-state index contributed by atoms with van der Waals surface area (Å²) in [4.78, 5) is 5.39. The maximum absolute atomic E-state index is 3.62. The summed E-state index contributed by atoms with van der Waals surface area (Å²) in [5, 5.41) is 3.62. The molecule has 1 aliphatic carbocycles. The first-order chi connectivity index (χ1) is 9.06. The van der Waals surface area contributed by atoms with Crippen LogP contribution < -0.4 is 5.32 Å². The lowest BCUT2D eigenvalue weighted by Gasteiger charge is -2.41. The number of hydrogen-bond acceptors (Lipinski definition) is 3. The van der Waals surface area contributed by atoms with Crippen LogP contribution in [-0.2, 0) is 0 Å². The fourth-order valence-corrected chi connectivity index (χ4v) is 3.09. The third-order valence-electron chi connectivity index (χ3n) is 4.59. The fraction of sp³-hybridized carbons (Fsp3) is 1.00. The standard InChI is InChI=1S/C16H33N3/c1-13(2)16(11-17-14(3)4)19-9-7-18(8-10-19)12-15-5-6-15/h13-17H,5-12H2,1-4H3. The van der Waals surface area contributed by atoms with E-state index >= 15 is 0 Å². The second-order valence-electron chi connectivity index (χ2n) is 7.15. The van der Waals surface area contributed by atoms with Gasteiger partial charge < -0.3 is 10.2 Å². The molecule has 0 bridgehead atoms. The topological polar surface area (TPSA) is 18.5 Å². The van der Waals surface area contributed by atoms with Gasteiger partial charge in [0.1, 0.15) is 0 Å². The molecule has 0 aromatic carbocycles. The van der Waals surface area contributed by atoms with E-state index < -0.39 is 0 Å². The molecule has 3 heteroatoms. The number of hydrogen-bond donors (Lipinski definition) is 1. The predicted molar refractivity (Wildman–Crippen MR) is 82.5 cm³/mol. The van der Waals surface area contributed by atoms with Gasteiger partial charge in [-0.25, -0.2) is 0 Å². The van der Waals surface area contributed by atoms with E-state index in [0.29, 0.717) is 12.1 Å². The van der Waals surface area contributed by atoms with Crippen molar-refractivity contribution in [1.82, 2.24) is 15.1 Å². The van der Waals surface area contributed by atoms with Gasteiger partial charge in [0.05, 0.1) is 0 Å². The lowest BCUT2D eigenvalue weighted by atomic mass is 10.0. The molecular weight excluding hydrogens is 234 g/mol. The average Bonchev–Trinajstić information content (AvgIpc) is 3.14. The second kappa shape index (κ2) is 7.05. The zero-order valence-corrected chi connectivity index (χ0v) is 13.4. The van der Waals surface area contributed by atoms with E-state index in [1.807, 2.05) is 0 Å². The first-order valence-corrected chi connectivity index (χ1v) is 8.26. The molecule has 3 nitrogen and oxygen atoms in total. The lowest BCUT2D eigenvalue weighted by Crippen LogP contribution is -2.55. The van der Waals surface area contributed by atoms with Crippen molar-refractivity contribution in [2.45, 2.75) is 52.6 Å². The highest BCUT2D eigenvalue weighted by atomic mass is 15.3. The van der Waals surface area contributed by atoms with Gasteiger partial charge in [0, 0.05) is 51.4 Å². The van der Waals surface area contributed by atoms with Crippen LogP contribution in [0.5, 0.6) is 0 Å². The van der Waals surface area contributed by atoms with Crippen molar-refractivity contribution in [3.05, 3.63) is 0 Å². The van der Waals surface area contributed by atoms with Crippen LogP contribution in [0.2, 0.25) is 0 Å². The van der Waals surface area contributed by atoms with Crippen LogP contribution in [0.1, 0.15) is 40.5 Å². The van der Waals surface area contributed by atoms with E-state index in [-0.39, 0.29) is 0 Å². The molecule has 112 valence electrons. The Hall–Kier alpha value is -0.120. The molecule has 2 fully saturated rings. The van der Waals surface area contributed by atoms with E-state index in [2.05, 4.69) is 42.8 Å². The molecular formula is C16H33N3. The molecule has 0 aromatic rings. The summed E-state index contributed by atoms with van der Waals surface area (Å²) in [5.74, 6) is 1.77.